The van der Waals surface area contributed by atoms with Crippen molar-refractivity contribution >= 4 is 11.5 Å². The number of hydrogen-bond donors (Lipinski definition) is 1. The van der Waals surface area contributed by atoms with Crippen LogP contribution in [-0.2, 0) is 0 Å². The maximum atomic E-state index is 11.1. The van der Waals surface area contributed by atoms with Crippen molar-refractivity contribution in [3.8, 4) is 11.3 Å². The number of aryl methyl sites for hydroxylation is 1. The quantitative estimate of drug-likeness (QED) is 0.663. The molecule has 1 heterocycles. The van der Waals surface area contributed by atoms with Crippen LogP contribution in [0.2, 0.25) is 0 Å². The lowest BCUT2D eigenvalue weighted by Crippen LogP contribution is -2.04. The molecular weight excluding hydrogens is 254 g/mol. The van der Waals surface area contributed by atoms with Crippen molar-refractivity contribution in [1.29, 1.82) is 0 Å². The average molecular weight is 271 g/mol. The molecule has 20 heavy (non-hydrogen) atoms. The summed E-state index contributed by atoms with van der Waals surface area (Å²) in [5.41, 5.74) is 2.28. The van der Waals surface area contributed by atoms with Crippen LogP contribution in [0, 0.1) is 17.0 Å². The van der Waals surface area contributed by atoms with Gasteiger partial charge in [0.2, 0.25) is 0 Å². The van der Waals surface area contributed by atoms with E-state index in [2.05, 4.69) is 17.2 Å². The predicted molar refractivity (Wildman–Crippen MR) is 79.8 cm³/mol. The van der Waals surface area contributed by atoms with E-state index >= 15 is 0 Å². The number of benzene rings is 1. The summed E-state index contributed by atoms with van der Waals surface area (Å²) >= 11 is 0. The molecule has 1 aromatic carbocycles. The molecular formula is C15H17N3O2. The van der Waals surface area contributed by atoms with Crippen molar-refractivity contribution in [2.75, 3.05) is 11.9 Å². The Hall–Kier alpha value is -2.43. The summed E-state index contributed by atoms with van der Waals surface area (Å²) in [5.74, 6) is 0.660. The standard InChI is InChI=1S/C15H17N3O2/c1-3-10-16-14-9-8-13(18(19)20)15(17-14)12-6-4-11(2)5-7-12/h4-9H,3,10H2,1-2H3,(H,16,17). The van der Waals surface area contributed by atoms with E-state index < -0.39 is 4.92 Å². The van der Waals surface area contributed by atoms with E-state index in [1.54, 1.807) is 6.07 Å². The number of pyridine rings is 1. The van der Waals surface area contributed by atoms with Gasteiger partial charge in [-0.2, -0.15) is 0 Å². The zero-order chi connectivity index (χ0) is 14.5. The van der Waals surface area contributed by atoms with Crippen molar-refractivity contribution in [2.45, 2.75) is 20.3 Å². The third-order valence-corrected chi connectivity index (χ3v) is 2.95. The molecule has 0 atom stereocenters. The first-order valence-electron chi connectivity index (χ1n) is 6.58. The van der Waals surface area contributed by atoms with Crippen molar-refractivity contribution in [3.63, 3.8) is 0 Å². The lowest BCUT2D eigenvalue weighted by Gasteiger charge is -2.07. The number of hydrogen-bond acceptors (Lipinski definition) is 4. The molecule has 0 amide bonds. The fraction of sp³-hybridized carbons (Fsp3) is 0.267. The maximum absolute atomic E-state index is 11.1. The third kappa shape index (κ3) is 3.12. The minimum atomic E-state index is -0.397. The molecule has 5 nitrogen and oxygen atoms in total. The largest absolute Gasteiger partial charge is 0.370 e. The summed E-state index contributed by atoms with van der Waals surface area (Å²) in [6.07, 6.45) is 0.971. The van der Waals surface area contributed by atoms with E-state index in [1.807, 2.05) is 31.2 Å². The summed E-state index contributed by atoms with van der Waals surface area (Å²) < 4.78 is 0. The van der Waals surface area contributed by atoms with Crippen LogP contribution in [0.1, 0.15) is 18.9 Å². The van der Waals surface area contributed by atoms with Crippen LogP contribution >= 0.6 is 0 Å². The van der Waals surface area contributed by atoms with E-state index in [1.165, 1.54) is 6.07 Å². The Balaban J connectivity index is 2.46. The number of aromatic nitrogens is 1. The van der Waals surface area contributed by atoms with Crippen LogP contribution in [0.15, 0.2) is 36.4 Å². The van der Waals surface area contributed by atoms with Gasteiger partial charge in [-0.3, -0.25) is 10.1 Å². The van der Waals surface area contributed by atoms with Gasteiger partial charge in [0.25, 0.3) is 5.69 Å². The third-order valence-electron chi connectivity index (χ3n) is 2.95. The van der Waals surface area contributed by atoms with E-state index in [9.17, 15) is 10.1 Å². The Morgan fingerprint density at radius 3 is 2.50 bits per heavy atom. The molecule has 2 aromatic rings. The normalized spacial score (nSPS) is 10.3. The molecule has 0 saturated heterocycles. The second-order valence-corrected chi connectivity index (χ2v) is 4.61. The van der Waals surface area contributed by atoms with Gasteiger partial charge in [-0.25, -0.2) is 4.98 Å². The average Bonchev–Trinajstić information content (AvgIpc) is 2.45. The molecule has 0 aliphatic carbocycles. The lowest BCUT2D eigenvalue weighted by molar-refractivity contribution is -0.384. The minimum Gasteiger partial charge on any atom is -0.370 e. The monoisotopic (exact) mass is 271 g/mol. The molecule has 0 unspecified atom stereocenters. The highest BCUT2D eigenvalue weighted by Gasteiger charge is 2.17. The molecule has 1 N–H and O–H groups in total. The highest BCUT2D eigenvalue weighted by molar-refractivity contribution is 5.71. The van der Waals surface area contributed by atoms with Gasteiger partial charge in [0.15, 0.2) is 5.69 Å². The molecule has 0 aliphatic rings. The van der Waals surface area contributed by atoms with Crippen LogP contribution in [0.25, 0.3) is 11.3 Å². The molecule has 0 saturated carbocycles. The zero-order valence-electron chi connectivity index (χ0n) is 11.6. The summed E-state index contributed by atoms with van der Waals surface area (Å²) in [6, 6.07) is 10.7. The second-order valence-electron chi connectivity index (χ2n) is 4.61. The van der Waals surface area contributed by atoms with Crippen LogP contribution < -0.4 is 5.32 Å². The van der Waals surface area contributed by atoms with Crippen molar-refractivity contribution in [2.24, 2.45) is 0 Å². The highest BCUT2D eigenvalue weighted by atomic mass is 16.6. The number of nitrogens with zero attached hydrogens (tertiary/aromatic N) is 2. The fourth-order valence-corrected chi connectivity index (χ4v) is 1.87. The van der Waals surface area contributed by atoms with Gasteiger partial charge in [-0.15, -0.1) is 0 Å². The second kappa shape index (κ2) is 6.14. The summed E-state index contributed by atoms with van der Waals surface area (Å²) in [7, 11) is 0. The van der Waals surface area contributed by atoms with Crippen LogP contribution in [0.5, 0.6) is 0 Å². The van der Waals surface area contributed by atoms with Crippen molar-refractivity contribution < 1.29 is 4.92 Å². The molecule has 0 spiro atoms. The number of nitrogens with one attached hydrogen (secondary N) is 1. The molecule has 1 aromatic heterocycles. The predicted octanol–water partition coefficient (Wildman–Crippen LogP) is 3.79. The van der Waals surface area contributed by atoms with Crippen LogP contribution in [0.4, 0.5) is 11.5 Å². The highest BCUT2D eigenvalue weighted by Crippen LogP contribution is 2.29. The fourth-order valence-electron chi connectivity index (χ4n) is 1.87. The van der Waals surface area contributed by atoms with Gasteiger partial charge >= 0.3 is 0 Å². The van der Waals surface area contributed by atoms with E-state index in [4.69, 9.17) is 0 Å². The molecule has 104 valence electrons. The van der Waals surface area contributed by atoms with E-state index in [-0.39, 0.29) is 5.69 Å². The smallest absolute Gasteiger partial charge is 0.295 e. The Bertz CT molecular complexity index is 609. The summed E-state index contributed by atoms with van der Waals surface area (Å²) in [6.45, 7) is 4.82. The van der Waals surface area contributed by atoms with Crippen molar-refractivity contribution in [1.82, 2.24) is 4.98 Å². The Morgan fingerprint density at radius 1 is 1.20 bits per heavy atom. The molecule has 0 radical (unpaired) electrons. The molecule has 0 bridgehead atoms. The molecule has 0 fully saturated rings. The zero-order valence-corrected chi connectivity index (χ0v) is 11.6. The molecule has 2 rings (SSSR count). The van der Waals surface area contributed by atoms with Gasteiger partial charge in [0.1, 0.15) is 5.82 Å². The first-order valence-corrected chi connectivity index (χ1v) is 6.58. The SMILES string of the molecule is CCCNc1ccc([N+](=O)[O-])c(-c2ccc(C)cc2)n1. The lowest BCUT2D eigenvalue weighted by atomic mass is 10.1. The first kappa shape index (κ1) is 14.0. The Morgan fingerprint density at radius 2 is 1.90 bits per heavy atom. The van der Waals surface area contributed by atoms with Gasteiger partial charge in [-0.1, -0.05) is 36.8 Å². The van der Waals surface area contributed by atoms with Gasteiger partial charge in [0, 0.05) is 18.2 Å². The molecule has 5 heteroatoms. The van der Waals surface area contributed by atoms with Gasteiger partial charge in [0.05, 0.1) is 4.92 Å². The number of rotatable bonds is 5. The van der Waals surface area contributed by atoms with E-state index in [0.717, 1.165) is 24.1 Å². The molecule has 0 aliphatic heterocycles. The van der Waals surface area contributed by atoms with Gasteiger partial charge < -0.3 is 5.32 Å². The van der Waals surface area contributed by atoms with E-state index in [0.29, 0.717) is 11.5 Å². The van der Waals surface area contributed by atoms with Gasteiger partial charge in [-0.05, 0) is 19.4 Å². The summed E-state index contributed by atoms with van der Waals surface area (Å²) in [5, 5.41) is 14.3. The summed E-state index contributed by atoms with van der Waals surface area (Å²) in [4.78, 5) is 15.1. The Kier molecular flexibility index (Phi) is 4.30. The Labute approximate surface area is 117 Å². The number of anilines is 1. The minimum absolute atomic E-state index is 0.0240. The van der Waals surface area contributed by atoms with Crippen LogP contribution in [0.3, 0.4) is 0 Å². The number of nitro groups is 1. The van der Waals surface area contributed by atoms with Crippen molar-refractivity contribution in [3.05, 3.63) is 52.1 Å². The van der Waals surface area contributed by atoms with Crippen LogP contribution in [-0.4, -0.2) is 16.5 Å². The first-order chi connectivity index (χ1) is 9.61. The topological polar surface area (TPSA) is 68.1 Å². The maximum Gasteiger partial charge on any atom is 0.295 e.